The molecule has 0 atom stereocenters. The second-order valence-corrected chi connectivity index (χ2v) is 9.42. The summed E-state index contributed by atoms with van der Waals surface area (Å²) in [5.74, 6) is 0.903. The molecule has 0 aliphatic rings. The lowest BCUT2D eigenvalue weighted by atomic mass is 10.0. The fraction of sp³-hybridized carbons (Fsp3) is 0.107. The van der Waals surface area contributed by atoms with Crippen molar-refractivity contribution in [1.82, 2.24) is 14.5 Å². The number of hydrogen-bond acceptors (Lipinski definition) is 8. The predicted octanol–water partition coefficient (Wildman–Crippen LogP) is 5.74. The minimum Gasteiger partial charge on any atom is -0.495 e. The van der Waals surface area contributed by atoms with Crippen LogP contribution in [-0.4, -0.2) is 28.8 Å². The van der Waals surface area contributed by atoms with Gasteiger partial charge in [0.1, 0.15) is 17.1 Å². The van der Waals surface area contributed by atoms with Gasteiger partial charge < -0.3 is 26.3 Å². The van der Waals surface area contributed by atoms with Crippen molar-refractivity contribution in [3.05, 3.63) is 92.8 Å². The Kier molecular flexibility index (Phi) is 7.19. The van der Waals surface area contributed by atoms with E-state index in [0.29, 0.717) is 39.6 Å². The van der Waals surface area contributed by atoms with Crippen LogP contribution in [0.3, 0.4) is 0 Å². The number of rotatable bonds is 7. The fourth-order valence-corrected chi connectivity index (χ4v) is 4.91. The lowest BCUT2D eigenvalue weighted by Gasteiger charge is -2.17. The van der Waals surface area contributed by atoms with E-state index < -0.39 is 0 Å². The van der Waals surface area contributed by atoms with Crippen molar-refractivity contribution in [3.63, 3.8) is 0 Å². The number of fused-ring (bicyclic) bond motifs is 1. The van der Waals surface area contributed by atoms with E-state index in [2.05, 4.69) is 15.3 Å². The summed E-state index contributed by atoms with van der Waals surface area (Å²) in [5, 5.41) is 4.06. The molecule has 0 amide bonds. The van der Waals surface area contributed by atoms with Crippen molar-refractivity contribution in [3.8, 4) is 22.6 Å². The molecule has 0 saturated carbocycles. The average Bonchev–Trinajstić information content (AvgIpc) is 2.93. The molecule has 0 unspecified atom stereocenters. The lowest BCUT2D eigenvalue weighted by molar-refractivity contribution is 0.395. The summed E-state index contributed by atoms with van der Waals surface area (Å²) in [6.07, 6.45) is 1.62. The van der Waals surface area contributed by atoms with Crippen molar-refractivity contribution in [2.45, 2.75) is 6.54 Å². The van der Waals surface area contributed by atoms with E-state index in [1.54, 1.807) is 36.5 Å². The molecule has 0 spiro atoms. The Morgan fingerprint density at radius 2 is 1.62 bits per heavy atom. The number of nitrogens with two attached hydrogens (primary N) is 2. The molecule has 0 aliphatic carbocycles. The number of anilines is 4. The minimum absolute atomic E-state index is 0.178. The Balaban J connectivity index is 1.75. The number of nitrogens with zero attached hydrogens (tertiary/aromatic N) is 3. The number of halogens is 2. The highest BCUT2D eigenvalue weighted by molar-refractivity contribution is 6.41. The van der Waals surface area contributed by atoms with Gasteiger partial charge in [0.05, 0.1) is 47.7 Å². The van der Waals surface area contributed by atoms with E-state index in [1.165, 1.54) is 18.8 Å². The first-order valence-corrected chi connectivity index (χ1v) is 12.5. The van der Waals surface area contributed by atoms with E-state index >= 15 is 0 Å². The molecule has 11 heteroatoms. The first-order valence-electron chi connectivity index (χ1n) is 11.8. The molecule has 0 bridgehead atoms. The van der Waals surface area contributed by atoms with Crippen LogP contribution in [0.2, 0.25) is 10.0 Å². The summed E-state index contributed by atoms with van der Waals surface area (Å²) in [5.41, 5.74) is 15.1. The zero-order valence-electron chi connectivity index (χ0n) is 21.0. The highest BCUT2D eigenvalue weighted by Gasteiger charge is 2.23. The summed E-state index contributed by atoms with van der Waals surface area (Å²) >= 11 is 13.4. The fourth-order valence-electron chi connectivity index (χ4n) is 4.20. The largest absolute Gasteiger partial charge is 0.495 e. The van der Waals surface area contributed by atoms with Crippen LogP contribution in [0, 0.1) is 0 Å². The maximum absolute atomic E-state index is 14.1. The molecule has 5 rings (SSSR count). The third-order valence-corrected chi connectivity index (χ3v) is 6.95. The second kappa shape index (κ2) is 10.7. The predicted molar refractivity (Wildman–Crippen MR) is 156 cm³/mol. The van der Waals surface area contributed by atoms with Gasteiger partial charge in [-0.3, -0.25) is 9.36 Å². The molecule has 39 heavy (non-hydrogen) atoms. The summed E-state index contributed by atoms with van der Waals surface area (Å²) < 4.78 is 12.4. The van der Waals surface area contributed by atoms with Crippen molar-refractivity contribution >= 4 is 57.2 Å². The molecule has 9 nitrogen and oxygen atoms in total. The van der Waals surface area contributed by atoms with Gasteiger partial charge in [-0.1, -0.05) is 47.5 Å². The summed E-state index contributed by atoms with van der Waals surface area (Å²) in [6, 6.07) is 17.7. The first kappa shape index (κ1) is 26.1. The van der Waals surface area contributed by atoms with Gasteiger partial charge in [0.15, 0.2) is 0 Å². The molecule has 198 valence electrons. The second-order valence-electron chi connectivity index (χ2n) is 8.66. The van der Waals surface area contributed by atoms with Gasteiger partial charge in [-0.15, -0.1) is 0 Å². The van der Waals surface area contributed by atoms with Crippen LogP contribution >= 0.6 is 23.2 Å². The number of para-hydroxylation sites is 2. The van der Waals surface area contributed by atoms with Crippen molar-refractivity contribution in [2.75, 3.05) is 31.0 Å². The highest BCUT2D eigenvalue weighted by atomic mass is 35.5. The van der Waals surface area contributed by atoms with E-state index in [0.717, 1.165) is 5.56 Å². The maximum atomic E-state index is 14.1. The summed E-state index contributed by atoms with van der Waals surface area (Å²) in [7, 11) is 2.94. The van der Waals surface area contributed by atoms with Crippen molar-refractivity contribution in [1.29, 1.82) is 0 Å². The molecule has 2 aromatic heterocycles. The maximum Gasteiger partial charge on any atom is 0.260 e. The number of benzene rings is 3. The molecular formula is C28H24Cl2N6O3. The standard InChI is InChI=1S/C28H24Cl2N6O3/c1-38-21-12-22(39-2)25(30)23(24(21)29)18-11-16-13-33-28(34-20-6-4-3-5-19(20)32)35-26(16)36(27(18)37)14-15-7-9-17(31)10-8-15/h3-13H,14,31-32H2,1-2H3,(H,33,34,35). The Hall–Kier alpha value is -4.47. The number of aromatic nitrogens is 3. The molecule has 0 fully saturated rings. The van der Waals surface area contributed by atoms with Crippen LogP contribution in [0.15, 0.2) is 71.7 Å². The number of ether oxygens (including phenoxy) is 2. The third kappa shape index (κ3) is 5.01. The summed E-state index contributed by atoms with van der Waals surface area (Å²) in [6.45, 7) is 0.198. The average molecular weight is 563 g/mol. The van der Waals surface area contributed by atoms with Crippen LogP contribution in [0.25, 0.3) is 22.2 Å². The molecule has 2 heterocycles. The number of pyridine rings is 1. The van der Waals surface area contributed by atoms with E-state index in [9.17, 15) is 4.79 Å². The van der Waals surface area contributed by atoms with E-state index in [4.69, 9.17) is 44.1 Å². The van der Waals surface area contributed by atoms with Gasteiger partial charge in [-0.25, -0.2) is 4.98 Å². The molecule has 3 aromatic carbocycles. The monoisotopic (exact) mass is 562 g/mol. The Bertz CT molecular complexity index is 1730. The van der Waals surface area contributed by atoms with Crippen LogP contribution in [-0.2, 0) is 6.54 Å². The molecule has 0 aliphatic heterocycles. The van der Waals surface area contributed by atoms with Crippen molar-refractivity contribution in [2.24, 2.45) is 0 Å². The van der Waals surface area contributed by atoms with Crippen molar-refractivity contribution < 1.29 is 9.47 Å². The zero-order valence-corrected chi connectivity index (χ0v) is 22.5. The topological polar surface area (TPSA) is 130 Å². The van der Waals surface area contributed by atoms with Gasteiger partial charge >= 0.3 is 0 Å². The van der Waals surface area contributed by atoms with Crippen LogP contribution in [0.1, 0.15) is 5.56 Å². The van der Waals surface area contributed by atoms with Gasteiger partial charge in [-0.05, 0) is 35.9 Å². The molecule has 0 radical (unpaired) electrons. The van der Waals surface area contributed by atoms with E-state index in [-0.39, 0.29) is 39.2 Å². The smallest absolute Gasteiger partial charge is 0.260 e. The Morgan fingerprint density at radius 3 is 2.26 bits per heavy atom. The normalized spacial score (nSPS) is 11.0. The van der Waals surface area contributed by atoms with E-state index in [1.807, 2.05) is 30.3 Å². The number of nitrogen functional groups attached to an aromatic ring is 2. The van der Waals surface area contributed by atoms with Crippen LogP contribution in [0.5, 0.6) is 11.5 Å². The quantitative estimate of drug-likeness (QED) is 0.214. The summed E-state index contributed by atoms with van der Waals surface area (Å²) in [4.78, 5) is 23.3. The Labute approximate surface area is 233 Å². The molecular weight excluding hydrogens is 539 g/mol. The number of methoxy groups -OCH3 is 2. The zero-order chi connectivity index (χ0) is 27.7. The molecule has 5 N–H and O–H groups in total. The van der Waals surface area contributed by atoms with Crippen LogP contribution in [0.4, 0.5) is 23.0 Å². The van der Waals surface area contributed by atoms with Crippen LogP contribution < -0.4 is 31.8 Å². The van der Waals surface area contributed by atoms with Gasteiger partial charge in [0.2, 0.25) is 5.95 Å². The minimum atomic E-state index is -0.373. The van der Waals surface area contributed by atoms with Gasteiger partial charge in [0, 0.05) is 28.9 Å². The molecule has 5 aromatic rings. The SMILES string of the molecule is COc1cc(OC)c(Cl)c(-c2cc3cnc(Nc4ccccc4N)nc3n(Cc3ccc(N)cc3)c2=O)c1Cl. The number of hydrogen-bond donors (Lipinski definition) is 3. The number of nitrogens with one attached hydrogen (secondary N) is 1. The first-order chi connectivity index (χ1) is 18.8. The Morgan fingerprint density at radius 1 is 0.949 bits per heavy atom. The molecule has 0 saturated heterocycles. The highest BCUT2D eigenvalue weighted by Crippen LogP contribution is 2.45. The third-order valence-electron chi connectivity index (χ3n) is 6.20. The lowest BCUT2D eigenvalue weighted by Crippen LogP contribution is -2.24. The van der Waals surface area contributed by atoms with Gasteiger partial charge in [0.25, 0.3) is 5.56 Å². The van der Waals surface area contributed by atoms with Gasteiger partial charge in [-0.2, -0.15) is 4.98 Å².